The van der Waals surface area contributed by atoms with E-state index in [1.165, 1.54) is 12.1 Å². The van der Waals surface area contributed by atoms with E-state index in [1.807, 2.05) is 0 Å². The van der Waals surface area contributed by atoms with Crippen LogP contribution in [0.3, 0.4) is 0 Å². The van der Waals surface area contributed by atoms with Crippen LogP contribution in [0.2, 0.25) is 5.02 Å². The van der Waals surface area contributed by atoms with Crippen LogP contribution >= 0.6 is 23.4 Å². The molecule has 1 aliphatic heterocycles. The van der Waals surface area contributed by atoms with Gasteiger partial charge in [-0.25, -0.2) is 4.79 Å². The number of carbonyl (C=O) groups excluding carboxylic acids is 2. The summed E-state index contributed by atoms with van der Waals surface area (Å²) >= 11 is 6.72. The first-order valence-corrected chi connectivity index (χ1v) is 8.47. The number of amides is 2. The Labute approximate surface area is 152 Å². The van der Waals surface area contributed by atoms with Gasteiger partial charge in [-0.15, -0.1) is 0 Å². The van der Waals surface area contributed by atoms with E-state index in [9.17, 15) is 19.5 Å². The maximum atomic E-state index is 12.5. The molecule has 5 nitrogen and oxygen atoms in total. The van der Waals surface area contributed by atoms with E-state index in [0.717, 1.165) is 22.2 Å². The third kappa shape index (κ3) is 3.75. The molecule has 3 rings (SSSR count). The number of carbonyl (C=O) groups is 3. The summed E-state index contributed by atoms with van der Waals surface area (Å²) in [5.74, 6) is -1.54. The highest BCUT2D eigenvalue weighted by Crippen LogP contribution is 2.34. The van der Waals surface area contributed by atoms with Crippen LogP contribution < -0.4 is 0 Å². The smallest absolute Gasteiger partial charge is 0.336 e. The van der Waals surface area contributed by atoms with Crippen LogP contribution in [0, 0.1) is 0 Å². The highest BCUT2D eigenvalue weighted by Gasteiger charge is 2.35. The Hall–Kier alpha value is -2.57. The molecule has 0 atom stereocenters. The molecule has 1 heterocycles. The van der Waals surface area contributed by atoms with Gasteiger partial charge in [-0.05, 0) is 47.2 Å². The van der Waals surface area contributed by atoms with Crippen molar-refractivity contribution in [2.75, 3.05) is 0 Å². The van der Waals surface area contributed by atoms with E-state index in [2.05, 4.69) is 0 Å². The summed E-state index contributed by atoms with van der Waals surface area (Å²) in [4.78, 5) is 37.3. The molecule has 1 fully saturated rings. The van der Waals surface area contributed by atoms with Crippen LogP contribution in [0.15, 0.2) is 53.4 Å². The number of rotatable bonds is 4. The minimum absolute atomic E-state index is 0.0733. The largest absolute Gasteiger partial charge is 0.478 e. The average molecular weight is 374 g/mol. The Kier molecular flexibility index (Phi) is 4.92. The molecule has 0 unspecified atom stereocenters. The number of thioether (sulfide) groups is 1. The molecular formula is C18H12ClNO4S. The third-order valence-electron chi connectivity index (χ3n) is 3.58. The third-order valence-corrected chi connectivity index (χ3v) is 4.72. The van der Waals surface area contributed by atoms with Crippen LogP contribution in [0.1, 0.15) is 21.5 Å². The molecule has 25 heavy (non-hydrogen) atoms. The van der Waals surface area contributed by atoms with Gasteiger partial charge in [0.1, 0.15) is 0 Å². The number of aromatic carboxylic acids is 1. The van der Waals surface area contributed by atoms with Gasteiger partial charge in [0.2, 0.25) is 0 Å². The first-order chi connectivity index (χ1) is 12.0. The molecule has 1 saturated heterocycles. The van der Waals surface area contributed by atoms with Gasteiger partial charge < -0.3 is 5.11 Å². The number of carboxylic acids is 1. The molecule has 2 amide bonds. The Morgan fingerprint density at radius 3 is 2.64 bits per heavy atom. The zero-order valence-electron chi connectivity index (χ0n) is 12.8. The van der Waals surface area contributed by atoms with Crippen molar-refractivity contribution >= 4 is 46.6 Å². The van der Waals surface area contributed by atoms with Crippen molar-refractivity contribution in [2.24, 2.45) is 0 Å². The highest BCUT2D eigenvalue weighted by molar-refractivity contribution is 8.18. The van der Waals surface area contributed by atoms with Crippen molar-refractivity contribution in [1.82, 2.24) is 4.90 Å². The van der Waals surface area contributed by atoms with Crippen LogP contribution in [0.5, 0.6) is 0 Å². The maximum Gasteiger partial charge on any atom is 0.336 e. The van der Waals surface area contributed by atoms with Crippen molar-refractivity contribution in [3.05, 3.63) is 75.1 Å². The lowest BCUT2D eigenvalue weighted by Gasteiger charge is -2.12. The molecule has 2 aromatic carbocycles. The molecule has 0 aliphatic carbocycles. The number of hydrogen-bond acceptors (Lipinski definition) is 4. The topological polar surface area (TPSA) is 74.7 Å². The zero-order chi connectivity index (χ0) is 18.0. The van der Waals surface area contributed by atoms with E-state index in [-0.39, 0.29) is 17.0 Å². The minimum atomic E-state index is -1.09. The number of carboxylic acid groups (broad SMARTS) is 1. The predicted octanol–water partition coefficient (Wildman–Crippen LogP) is 4.27. The second-order valence-corrected chi connectivity index (χ2v) is 6.72. The summed E-state index contributed by atoms with van der Waals surface area (Å²) in [6, 6.07) is 13.2. The first kappa shape index (κ1) is 17.3. The van der Waals surface area contributed by atoms with Crippen LogP contribution in [0.4, 0.5) is 4.79 Å². The van der Waals surface area contributed by atoms with E-state index >= 15 is 0 Å². The van der Waals surface area contributed by atoms with Crippen LogP contribution in [-0.4, -0.2) is 27.1 Å². The quantitative estimate of drug-likeness (QED) is 0.810. The fourth-order valence-electron chi connectivity index (χ4n) is 2.41. The van der Waals surface area contributed by atoms with Crippen molar-refractivity contribution in [3.63, 3.8) is 0 Å². The van der Waals surface area contributed by atoms with Gasteiger partial charge in [-0.2, -0.15) is 0 Å². The van der Waals surface area contributed by atoms with Crippen LogP contribution in [0.25, 0.3) is 6.08 Å². The standard InChI is InChI=1S/C18H12ClNO4S/c19-13-6-3-4-11(8-13)10-20-16(21)15(25-18(20)24)9-12-5-1-2-7-14(12)17(22)23/h1-9H,10H2,(H,22,23)/b15-9-. The molecular weight excluding hydrogens is 362 g/mol. The second-order valence-electron chi connectivity index (χ2n) is 5.29. The average Bonchev–Trinajstić information content (AvgIpc) is 2.83. The molecule has 1 aliphatic rings. The molecule has 126 valence electrons. The maximum absolute atomic E-state index is 12.5. The SMILES string of the molecule is O=C(O)c1ccccc1/C=C1\SC(=O)N(Cc2cccc(Cl)c2)C1=O. The van der Waals surface area contributed by atoms with Crippen LogP contribution in [-0.2, 0) is 11.3 Å². The van der Waals surface area contributed by atoms with Gasteiger partial charge in [0.25, 0.3) is 11.1 Å². The van der Waals surface area contributed by atoms with Crippen molar-refractivity contribution < 1.29 is 19.5 Å². The summed E-state index contributed by atoms with van der Waals surface area (Å²) in [5, 5.41) is 9.34. The lowest BCUT2D eigenvalue weighted by molar-refractivity contribution is -0.123. The van der Waals surface area contributed by atoms with E-state index in [0.29, 0.717) is 10.6 Å². The molecule has 0 radical (unpaired) electrons. The fourth-order valence-corrected chi connectivity index (χ4v) is 3.46. The number of hydrogen-bond donors (Lipinski definition) is 1. The minimum Gasteiger partial charge on any atom is -0.478 e. The van der Waals surface area contributed by atoms with Crippen molar-refractivity contribution in [3.8, 4) is 0 Å². The van der Waals surface area contributed by atoms with E-state index < -0.39 is 17.1 Å². The highest BCUT2D eigenvalue weighted by atomic mass is 35.5. The van der Waals surface area contributed by atoms with Crippen molar-refractivity contribution in [1.29, 1.82) is 0 Å². The monoisotopic (exact) mass is 373 g/mol. The first-order valence-electron chi connectivity index (χ1n) is 7.28. The van der Waals surface area contributed by atoms with Gasteiger partial charge in [0.15, 0.2) is 0 Å². The number of imide groups is 1. The van der Waals surface area contributed by atoms with E-state index in [4.69, 9.17) is 11.6 Å². The summed E-state index contributed by atoms with van der Waals surface area (Å²) < 4.78 is 0. The van der Waals surface area contributed by atoms with Gasteiger partial charge in [-0.3, -0.25) is 14.5 Å². The van der Waals surface area contributed by atoms with Gasteiger partial charge in [-0.1, -0.05) is 41.9 Å². The summed E-state index contributed by atoms with van der Waals surface area (Å²) in [6.45, 7) is 0.114. The molecule has 0 bridgehead atoms. The van der Waals surface area contributed by atoms with Crippen molar-refractivity contribution in [2.45, 2.75) is 6.54 Å². The van der Waals surface area contributed by atoms with Gasteiger partial charge in [0.05, 0.1) is 17.0 Å². The Bertz CT molecular complexity index is 909. The molecule has 2 aromatic rings. The fraction of sp³-hybridized carbons (Fsp3) is 0.0556. The molecule has 0 saturated carbocycles. The molecule has 1 N–H and O–H groups in total. The summed E-state index contributed by atoms with van der Waals surface area (Å²) in [5.41, 5.74) is 1.19. The number of nitrogens with zero attached hydrogens (tertiary/aromatic N) is 1. The summed E-state index contributed by atoms with van der Waals surface area (Å²) in [7, 11) is 0. The predicted molar refractivity (Wildman–Crippen MR) is 96.4 cm³/mol. The molecule has 0 aromatic heterocycles. The molecule has 0 spiro atoms. The normalized spacial score (nSPS) is 15.9. The van der Waals surface area contributed by atoms with Gasteiger partial charge in [0, 0.05) is 5.02 Å². The Morgan fingerprint density at radius 1 is 1.16 bits per heavy atom. The van der Waals surface area contributed by atoms with E-state index in [1.54, 1.807) is 42.5 Å². The Balaban J connectivity index is 1.88. The second kappa shape index (κ2) is 7.13. The zero-order valence-corrected chi connectivity index (χ0v) is 14.4. The number of halogens is 1. The lowest BCUT2D eigenvalue weighted by Crippen LogP contribution is -2.27. The molecule has 7 heteroatoms. The van der Waals surface area contributed by atoms with Gasteiger partial charge >= 0.3 is 5.97 Å². The summed E-state index contributed by atoms with van der Waals surface area (Å²) in [6.07, 6.45) is 1.44. The Morgan fingerprint density at radius 2 is 1.92 bits per heavy atom. The lowest BCUT2D eigenvalue weighted by atomic mass is 10.1. The number of benzene rings is 2.